The number of morpholine rings is 1. The predicted octanol–water partition coefficient (Wildman–Crippen LogP) is 3.72. The van der Waals surface area contributed by atoms with Crippen molar-refractivity contribution in [2.75, 3.05) is 44.4 Å². The SMILES string of the molecule is OC(COc1ccccc1)CN(Cc1c(-c2ccccc2F)noc1N1CCOCC1)C1CC1. The van der Waals surface area contributed by atoms with Crippen molar-refractivity contribution in [3.05, 3.63) is 66.0 Å². The fourth-order valence-corrected chi connectivity index (χ4v) is 4.34. The highest BCUT2D eigenvalue weighted by Gasteiger charge is 2.34. The summed E-state index contributed by atoms with van der Waals surface area (Å²) in [5, 5.41) is 15.0. The average molecular weight is 468 g/mol. The first-order chi connectivity index (χ1) is 16.7. The predicted molar refractivity (Wildman–Crippen MR) is 126 cm³/mol. The Kier molecular flexibility index (Phi) is 7.08. The third-order valence-corrected chi connectivity index (χ3v) is 6.25. The number of benzene rings is 2. The number of halogens is 1. The van der Waals surface area contributed by atoms with Crippen LogP contribution in [0.3, 0.4) is 0 Å². The molecule has 1 N–H and O–H groups in total. The second-order valence-corrected chi connectivity index (χ2v) is 8.83. The molecule has 1 aliphatic heterocycles. The zero-order valence-electron chi connectivity index (χ0n) is 19.1. The van der Waals surface area contributed by atoms with E-state index in [0.29, 0.717) is 62.6 Å². The molecule has 1 aliphatic carbocycles. The van der Waals surface area contributed by atoms with E-state index in [9.17, 15) is 9.50 Å². The molecule has 180 valence electrons. The summed E-state index contributed by atoms with van der Waals surface area (Å²) in [6.45, 7) is 3.75. The molecule has 3 aromatic rings. The third kappa shape index (κ3) is 5.41. The Morgan fingerprint density at radius 2 is 1.82 bits per heavy atom. The van der Waals surface area contributed by atoms with E-state index in [1.807, 2.05) is 30.3 Å². The minimum Gasteiger partial charge on any atom is -0.491 e. The van der Waals surface area contributed by atoms with Crippen molar-refractivity contribution in [3.63, 3.8) is 0 Å². The van der Waals surface area contributed by atoms with Crippen LogP contribution in [0, 0.1) is 5.82 Å². The maximum atomic E-state index is 14.7. The summed E-state index contributed by atoms with van der Waals surface area (Å²) < 4.78 is 31.7. The van der Waals surface area contributed by atoms with Crippen LogP contribution in [0.2, 0.25) is 0 Å². The topological polar surface area (TPSA) is 71.2 Å². The Hall–Kier alpha value is -2.94. The fraction of sp³-hybridized carbons (Fsp3) is 0.423. The Labute approximate surface area is 198 Å². The van der Waals surface area contributed by atoms with Gasteiger partial charge in [-0.05, 0) is 37.1 Å². The number of anilines is 1. The molecule has 34 heavy (non-hydrogen) atoms. The largest absolute Gasteiger partial charge is 0.491 e. The molecule has 0 radical (unpaired) electrons. The molecule has 2 heterocycles. The van der Waals surface area contributed by atoms with E-state index < -0.39 is 6.10 Å². The van der Waals surface area contributed by atoms with Crippen LogP contribution in [0.15, 0.2) is 59.1 Å². The maximum Gasteiger partial charge on any atom is 0.232 e. The average Bonchev–Trinajstić information content (AvgIpc) is 3.64. The van der Waals surface area contributed by atoms with Gasteiger partial charge in [0.25, 0.3) is 0 Å². The van der Waals surface area contributed by atoms with E-state index in [2.05, 4.69) is 15.0 Å². The number of aliphatic hydroxyl groups excluding tert-OH is 1. The molecular formula is C26H30FN3O4. The van der Waals surface area contributed by atoms with E-state index in [-0.39, 0.29) is 12.4 Å². The third-order valence-electron chi connectivity index (χ3n) is 6.25. The molecule has 0 bridgehead atoms. The lowest BCUT2D eigenvalue weighted by Crippen LogP contribution is -2.39. The Bertz CT molecular complexity index is 1070. The number of aliphatic hydroxyl groups is 1. The first-order valence-corrected chi connectivity index (χ1v) is 11.8. The summed E-state index contributed by atoms with van der Waals surface area (Å²) in [7, 11) is 0. The van der Waals surface area contributed by atoms with Gasteiger partial charge in [-0.2, -0.15) is 0 Å². The van der Waals surface area contributed by atoms with Gasteiger partial charge in [-0.3, -0.25) is 4.90 Å². The molecule has 1 atom stereocenters. The Balaban J connectivity index is 1.37. The van der Waals surface area contributed by atoms with Crippen LogP contribution >= 0.6 is 0 Å². The van der Waals surface area contributed by atoms with Crippen molar-refractivity contribution in [3.8, 4) is 17.0 Å². The van der Waals surface area contributed by atoms with Gasteiger partial charge in [0.1, 0.15) is 30.0 Å². The molecule has 0 spiro atoms. The van der Waals surface area contributed by atoms with Gasteiger partial charge in [-0.15, -0.1) is 0 Å². The highest BCUT2D eigenvalue weighted by atomic mass is 19.1. The van der Waals surface area contributed by atoms with E-state index in [0.717, 1.165) is 24.2 Å². The van der Waals surface area contributed by atoms with Crippen molar-refractivity contribution in [1.82, 2.24) is 10.1 Å². The summed E-state index contributed by atoms with van der Waals surface area (Å²) >= 11 is 0. The number of aromatic nitrogens is 1. The van der Waals surface area contributed by atoms with Crippen LogP contribution in [-0.2, 0) is 11.3 Å². The second-order valence-electron chi connectivity index (χ2n) is 8.83. The van der Waals surface area contributed by atoms with Crippen LogP contribution in [0.5, 0.6) is 5.75 Å². The quantitative estimate of drug-likeness (QED) is 0.487. The van der Waals surface area contributed by atoms with Crippen molar-refractivity contribution in [1.29, 1.82) is 0 Å². The number of hydrogen-bond acceptors (Lipinski definition) is 7. The number of hydrogen-bond donors (Lipinski definition) is 1. The van der Waals surface area contributed by atoms with Crippen LogP contribution in [-0.4, -0.2) is 66.8 Å². The molecule has 2 aromatic carbocycles. The molecule has 0 amide bonds. The Morgan fingerprint density at radius 3 is 2.56 bits per heavy atom. The van der Waals surface area contributed by atoms with Gasteiger partial charge in [0.15, 0.2) is 0 Å². The van der Waals surface area contributed by atoms with Crippen molar-refractivity contribution in [2.24, 2.45) is 0 Å². The lowest BCUT2D eigenvalue weighted by atomic mass is 10.1. The van der Waals surface area contributed by atoms with Gasteiger partial charge >= 0.3 is 0 Å². The number of para-hydroxylation sites is 1. The molecule has 1 aromatic heterocycles. The molecule has 2 fully saturated rings. The lowest BCUT2D eigenvalue weighted by Gasteiger charge is -2.29. The van der Waals surface area contributed by atoms with Crippen molar-refractivity contribution in [2.45, 2.75) is 31.5 Å². The monoisotopic (exact) mass is 467 g/mol. The molecule has 7 nitrogen and oxygen atoms in total. The second kappa shape index (κ2) is 10.5. The summed E-state index contributed by atoms with van der Waals surface area (Å²) in [5.74, 6) is 1.05. The molecule has 2 aliphatic rings. The molecule has 5 rings (SSSR count). The zero-order valence-corrected chi connectivity index (χ0v) is 19.1. The maximum absolute atomic E-state index is 14.7. The first kappa shape index (κ1) is 22.8. The normalized spacial score (nSPS) is 17.2. The van der Waals surface area contributed by atoms with Crippen LogP contribution in [0.25, 0.3) is 11.3 Å². The van der Waals surface area contributed by atoms with Crippen LogP contribution in [0.4, 0.5) is 10.3 Å². The van der Waals surface area contributed by atoms with Crippen LogP contribution in [0.1, 0.15) is 18.4 Å². The fourth-order valence-electron chi connectivity index (χ4n) is 4.34. The van der Waals surface area contributed by atoms with E-state index >= 15 is 0 Å². The number of nitrogens with zero attached hydrogens (tertiary/aromatic N) is 3. The van der Waals surface area contributed by atoms with Gasteiger partial charge in [0.05, 0.1) is 18.8 Å². The Morgan fingerprint density at radius 1 is 1.09 bits per heavy atom. The lowest BCUT2D eigenvalue weighted by molar-refractivity contribution is 0.0626. The van der Waals surface area contributed by atoms with Crippen molar-refractivity contribution < 1.29 is 23.5 Å². The molecular weight excluding hydrogens is 437 g/mol. The molecule has 1 unspecified atom stereocenters. The highest BCUT2D eigenvalue weighted by Crippen LogP contribution is 2.37. The standard InChI is InChI=1S/C26H30FN3O4/c27-24-9-5-4-8-22(24)25-23(26(34-28-25)29-12-14-32-15-13-29)17-30(19-10-11-19)16-20(31)18-33-21-6-2-1-3-7-21/h1-9,19-20,31H,10-18H2. The van der Waals surface area contributed by atoms with Gasteiger partial charge in [0.2, 0.25) is 5.88 Å². The first-order valence-electron chi connectivity index (χ1n) is 11.8. The zero-order chi connectivity index (χ0) is 23.3. The minimum absolute atomic E-state index is 0.202. The molecule has 8 heteroatoms. The van der Waals surface area contributed by atoms with Gasteiger partial charge in [0, 0.05) is 37.8 Å². The van der Waals surface area contributed by atoms with E-state index in [4.69, 9.17) is 14.0 Å². The smallest absolute Gasteiger partial charge is 0.232 e. The van der Waals surface area contributed by atoms with Crippen molar-refractivity contribution >= 4 is 5.88 Å². The van der Waals surface area contributed by atoms with E-state index in [1.54, 1.807) is 18.2 Å². The highest BCUT2D eigenvalue weighted by molar-refractivity contribution is 5.69. The molecule has 1 saturated carbocycles. The minimum atomic E-state index is -0.663. The summed E-state index contributed by atoms with van der Waals surface area (Å²) in [4.78, 5) is 4.34. The van der Waals surface area contributed by atoms with E-state index in [1.165, 1.54) is 6.07 Å². The number of ether oxygens (including phenoxy) is 2. The van der Waals surface area contributed by atoms with Crippen LogP contribution < -0.4 is 9.64 Å². The summed E-state index contributed by atoms with van der Waals surface area (Å²) in [6, 6.07) is 16.5. The molecule has 1 saturated heterocycles. The number of rotatable bonds is 10. The summed E-state index contributed by atoms with van der Waals surface area (Å²) in [6.07, 6.45) is 1.48. The van der Waals surface area contributed by atoms with Gasteiger partial charge < -0.3 is 24.0 Å². The van der Waals surface area contributed by atoms with Gasteiger partial charge in [-0.25, -0.2) is 4.39 Å². The van der Waals surface area contributed by atoms with Gasteiger partial charge in [-0.1, -0.05) is 35.5 Å². The summed E-state index contributed by atoms with van der Waals surface area (Å²) in [5.41, 5.74) is 1.78.